The van der Waals surface area contributed by atoms with Gasteiger partial charge in [0.05, 0.1) is 15.9 Å². The Bertz CT molecular complexity index is 1050. The average molecular weight is 454 g/mol. The van der Waals surface area contributed by atoms with Gasteiger partial charge in [-0.2, -0.15) is 0 Å². The molecule has 3 aromatic rings. The predicted octanol–water partition coefficient (Wildman–Crippen LogP) is 3.93. The number of amides is 2. The van der Waals surface area contributed by atoms with Crippen LogP contribution < -0.4 is 5.32 Å². The zero-order valence-corrected chi connectivity index (χ0v) is 19.6. The first-order valence-electron chi connectivity index (χ1n) is 11.4. The highest BCUT2D eigenvalue weighted by Gasteiger charge is 2.29. The molecule has 1 N–H and O–H groups in total. The third-order valence-corrected chi connectivity index (χ3v) is 7.17. The Morgan fingerprint density at radius 2 is 1.88 bits per heavy atom. The van der Waals surface area contributed by atoms with Crippen LogP contribution >= 0.6 is 11.3 Å². The third kappa shape index (κ3) is 4.86. The van der Waals surface area contributed by atoms with Crippen LogP contribution in [-0.4, -0.2) is 63.9 Å². The monoisotopic (exact) mass is 453 g/mol. The quantitative estimate of drug-likeness (QED) is 0.561. The predicted molar refractivity (Wildman–Crippen MR) is 129 cm³/mol. The number of likely N-dealkylation sites (N-methyl/N-ethyl adjacent to an activating group) is 1. The molecule has 32 heavy (non-hydrogen) atoms. The lowest BCUT2D eigenvalue weighted by atomic mass is 9.96. The van der Waals surface area contributed by atoms with Crippen LogP contribution in [0.1, 0.15) is 36.4 Å². The molecule has 4 rings (SSSR count). The van der Waals surface area contributed by atoms with Crippen molar-refractivity contribution >= 4 is 40.1 Å². The Hall–Kier alpha value is -2.71. The Balaban J connectivity index is 1.42. The number of nitrogens with one attached hydrogen (secondary N) is 1. The van der Waals surface area contributed by atoms with Gasteiger partial charge >= 0.3 is 0 Å². The summed E-state index contributed by atoms with van der Waals surface area (Å²) < 4.78 is 2.11. The first kappa shape index (κ1) is 22.5. The molecule has 7 nitrogen and oxygen atoms in total. The van der Waals surface area contributed by atoms with Crippen LogP contribution in [0.4, 0.5) is 5.95 Å². The minimum atomic E-state index is -0.113. The van der Waals surface area contributed by atoms with Gasteiger partial charge < -0.3 is 14.4 Å². The molecular weight excluding hydrogens is 422 g/mol. The van der Waals surface area contributed by atoms with Gasteiger partial charge in [0.15, 0.2) is 0 Å². The lowest BCUT2D eigenvalue weighted by Gasteiger charge is -2.31. The molecule has 3 heterocycles. The highest BCUT2D eigenvalue weighted by Crippen LogP contribution is 2.24. The maximum absolute atomic E-state index is 13.1. The number of carbonyl (C=O) groups is 2. The molecule has 8 heteroatoms. The van der Waals surface area contributed by atoms with E-state index < -0.39 is 0 Å². The Labute approximate surface area is 193 Å². The van der Waals surface area contributed by atoms with E-state index >= 15 is 0 Å². The van der Waals surface area contributed by atoms with E-state index in [0.29, 0.717) is 31.9 Å². The molecular formula is C24H31N5O2S. The van der Waals surface area contributed by atoms with E-state index in [4.69, 9.17) is 4.98 Å². The SMILES string of the molecule is CCN(CC)CCn1c(NC(=O)C2CCN(C(=O)c3cccs3)CC2)nc2ccccc21. The van der Waals surface area contributed by atoms with Crippen molar-refractivity contribution in [3.8, 4) is 0 Å². The number of anilines is 1. The van der Waals surface area contributed by atoms with E-state index in [2.05, 4.69) is 34.7 Å². The third-order valence-electron chi connectivity index (χ3n) is 6.31. The summed E-state index contributed by atoms with van der Waals surface area (Å²) in [6, 6.07) is 11.8. The van der Waals surface area contributed by atoms with Crippen molar-refractivity contribution in [2.75, 3.05) is 38.0 Å². The van der Waals surface area contributed by atoms with Gasteiger partial charge in [-0.1, -0.05) is 32.0 Å². The van der Waals surface area contributed by atoms with Crippen LogP contribution in [0.3, 0.4) is 0 Å². The number of hydrogen-bond acceptors (Lipinski definition) is 5. The van der Waals surface area contributed by atoms with Crippen LogP contribution in [0.5, 0.6) is 0 Å². The van der Waals surface area contributed by atoms with Gasteiger partial charge in [0.1, 0.15) is 0 Å². The van der Waals surface area contributed by atoms with Crippen LogP contribution in [0, 0.1) is 5.92 Å². The van der Waals surface area contributed by atoms with Crippen molar-refractivity contribution in [1.29, 1.82) is 0 Å². The van der Waals surface area contributed by atoms with Crippen molar-refractivity contribution < 1.29 is 9.59 Å². The number of likely N-dealkylation sites (tertiary alicyclic amines) is 1. The Morgan fingerprint density at radius 1 is 1.12 bits per heavy atom. The number of fused-ring (bicyclic) bond motifs is 1. The molecule has 1 saturated heterocycles. The second-order valence-electron chi connectivity index (χ2n) is 8.14. The van der Waals surface area contributed by atoms with Crippen LogP contribution in [0.2, 0.25) is 0 Å². The number of aromatic nitrogens is 2. The molecule has 1 aliphatic rings. The van der Waals surface area contributed by atoms with Crippen molar-refractivity contribution in [3.63, 3.8) is 0 Å². The highest BCUT2D eigenvalue weighted by molar-refractivity contribution is 7.12. The summed E-state index contributed by atoms with van der Waals surface area (Å²) in [6.07, 6.45) is 1.34. The number of nitrogens with zero attached hydrogens (tertiary/aromatic N) is 4. The molecule has 170 valence electrons. The fourth-order valence-corrected chi connectivity index (χ4v) is 4.98. The molecule has 0 radical (unpaired) electrons. The van der Waals surface area contributed by atoms with E-state index in [1.807, 2.05) is 40.6 Å². The molecule has 0 aliphatic carbocycles. The fraction of sp³-hybridized carbons (Fsp3) is 0.458. The second-order valence-corrected chi connectivity index (χ2v) is 9.08. The number of imidazole rings is 1. The Kier molecular flexibility index (Phi) is 7.22. The summed E-state index contributed by atoms with van der Waals surface area (Å²) in [6.45, 7) is 9.19. The molecule has 2 aromatic heterocycles. The number of piperidine rings is 1. The van der Waals surface area contributed by atoms with E-state index in [1.54, 1.807) is 0 Å². The first-order chi connectivity index (χ1) is 15.6. The summed E-state index contributed by atoms with van der Waals surface area (Å²) in [5.74, 6) is 0.559. The van der Waals surface area contributed by atoms with Gasteiger partial charge in [0, 0.05) is 32.1 Å². The van der Waals surface area contributed by atoms with Gasteiger partial charge in [-0.15, -0.1) is 11.3 Å². The first-order valence-corrected chi connectivity index (χ1v) is 12.3. The number of rotatable bonds is 8. The van der Waals surface area contributed by atoms with Crippen molar-refractivity contribution in [3.05, 3.63) is 46.7 Å². The lowest BCUT2D eigenvalue weighted by Crippen LogP contribution is -2.41. The smallest absolute Gasteiger partial charge is 0.263 e. The summed E-state index contributed by atoms with van der Waals surface area (Å²) in [5, 5.41) is 5.01. The van der Waals surface area contributed by atoms with Gasteiger partial charge in [-0.05, 0) is 49.5 Å². The number of para-hydroxylation sites is 2. The standard InChI is InChI=1S/C24H31N5O2S/c1-3-27(4-2)15-16-29-20-9-6-5-8-19(20)25-24(29)26-22(30)18-11-13-28(14-12-18)23(31)21-10-7-17-32-21/h5-10,17-18H,3-4,11-16H2,1-2H3,(H,25,26,30). The van der Waals surface area contributed by atoms with Crippen molar-refractivity contribution in [2.45, 2.75) is 33.2 Å². The molecule has 0 atom stereocenters. The normalized spacial score (nSPS) is 14.9. The topological polar surface area (TPSA) is 70.5 Å². The minimum absolute atomic E-state index is 0.00684. The fourth-order valence-electron chi connectivity index (χ4n) is 4.29. The van der Waals surface area contributed by atoms with Gasteiger partial charge in [0.2, 0.25) is 11.9 Å². The zero-order chi connectivity index (χ0) is 22.5. The largest absolute Gasteiger partial charge is 0.338 e. The zero-order valence-electron chi connectivity index (χ0n) is 18.8. The molecule has 0 spiro atoms. The molecule has 1 aromatic carbocycles. The van der Waals surface area contributed by atoms with Crippen molar-refractivity contribution in [2.24, 2.45) is 5.92 Å². The molecule has 0 unspecified atom stereocenters. The number of benzene rings is 1. The van der Waals surface area contributed by atoms with Crippen LogP contribution in [0.25, 0.3) is 11.0 Å². The van der Waals surface area contributed by atoms with E-state index in [9.17, 15) is 9.59 Å². The lowest BCUT2D eigenvalue weighted by molar-refractivity contribution is -0.121. The average Bonchev–Trinajstić information content (AvgIpc) is 3.48. The highest BCUT2D eigenvalue weighted by atomic mass is 32.1. The van der Waals surface area contributed by atoms with Gasteiger partial charge in [-0.25, -0.2) is 4.98 Å². The minimum Gasteiger partial charge on any atom is -0.338 e. The molecule has 0 bridgehead atoms. The van der Waals surface area contributed by atoms with Crippen LogP contribution in [0.15, 0.2) is 41.8 Å². The molecule has 0 saturated carbocycles. The maximum Gasteiger partial charge on any atom is 0.263 e. The number of carbonyl (C=O) groups excluding carboxylic acids is 2. The summed E-state index contributed by atoms with van der Waals surface area (Å²) in [4.78, 5) is 35.3. The van der Waals surface area contributed by atoms with E-state index in [0.717, 1.165) is 42.1 Å². The van der Waals surface area contributed by atoms with E-state index in [1.165, 1.54) is 11.3 Å². The number of thiophene rings is 1. The van der Waals surface area contributed by atoms with Gasteiger partial charge in [-0.3, -0.25) is 14.9 Å². The Morgan fingerprint density at radius 3 is 2.56 bits per heavy atom. The van der Waals surface area contributed by atoms with Gasteiger partial charge in [0.25, 0.3) is 5.91 Å². The van der Waals surface area contributed by atoms with Crippen LogP contribution in [-0.2, 0) is 11.3 Å². The summed E-state index contributed by atoms with van der Waals surface area (Å²) in [7, 11) is 0. The van der Waals surface area contributed by atoms with E-state index in [-0.39, 0.29) is 17.7 Å². The summed E-state index contributed by atoms with van der Waals surface area (Å²) in [5.41, 5.74) is 1.92. The summed E-state index contributed by atoms with van der Waals surface area (Å²) >= 11 is 1.46. The number of hydrogen-bond donors (Lipinski definition) is 1. The molecule has 1 aliphatic heterocycles. The molecule has 2 amide bonds. The van der Waals surface area contributed by atoms with Crippen molar-refractivity contribution in [1.82, 2.24) is 19.4 Å². The second kappa shape index (κ2) is 10.3. The molecule has 1 fully saturated rings. The maximum atomic E-state index is 13.1.